The van der Waals surface area contributed by atoms with E-state index in [1.54, 1.807) is 23.1 Å². The molecular weight excluding hydrogens is 394 g/mol. The molecule has 0 bridgehead atoms. The molecule has 0 aliphatic carbocycles. The molecule has 1 aromatic carbocycles. The highest BCUT2D eigenvalue weighted by Crippen LogP contribution is 2.21. The van der Waals surface area contributed by atoms with Crippen LogP contribution in [0.15, 0.2) is 58.2 Å². The Balaban J connectivity index is 1.70. The zero-order chi connectivity index (χ0) is 17.2. The topological polar surface area (TPSA) is 70.6 Å². The number of benzene rings is 1. The molecule has 8 heteroatoms. The van der Waals surface area contributed by atoms with Gasteiger partial charge in [-0.1, -0.05) is 12.1 Å². The highest BCUT2D eigenvalue weighted by molar-refractivity contribution is 9.10. The number of rotatable bonds is 3. The molecule has 1 aromatic heterocycles. The molecule has 1 aliphatic heterocycles. The van der Waals surface area contributed by atoms with Gasteiger partial charge in [0.05, 0.1) is 5.56 Å². The minimum absolute atomic E-state index is 0.0964. The predicted molar refractivity (Wildman–Crippen MR) is 93.0 cm³/mol. The Hall–Kier alpha value is -1.77. The molecule has 1 amide bonds. The summed E-state index contributed by atoms with van der Waals surface area (Å²) in [6, 6.07) is 10.3. The van der Waals surface area contributed by atoms with Crippen LogP contribution in [0.1, 0.15) is 10.4 Å². The fraction of sp³-hybridized carbons (Fsp3) is 0.250. The van der Waals surface area contributed by atoms with Gasteiger partial charge in [-0.05, 0) is 40.2 Å². The third kappa shape index (κ3) is 3.35. The lowest BCUT2D eigenvalue weighted by Crippen LogP contribution is -2.50. The molecule has 0 unspecified atom stereocenters. The van der Waals surface area contributed by atoms with Crippen molar-refractivity contribution in [2.24, 2.45) is 0 Å². The molecule has 0 saturated carbocycles. The monoisotopic (exact) mass is 409 g/mol. The molecule has 24 heavy (non-hydrogen) atoms. The van der Waals surface area contributed by atoms with E-state index in [0.717, 1.165) is 4.47 Å². The zero-order valence-corrected chi connectivity index (χ0v) is 15.2. The molecule has 1 fully saturated rings. The number of carbonyl (C=O) groups excluding carboxylic acids is 1. The molecule has 126 valence electrons. The van der Waals surface area contributed by atoms with Crippen LogP contribution in [-0.2, 0) is 10.0 Å². The quantitative estimate of drug-likeness (QED) is 0.776. The minimum Gasteiger partial charge on any atom is -0.336 e. The average molecular weight is 410 g/mol. The third-order valence-corrected chi connectivity index (χ3v) is 6.48. The summed E-state index contributed by atoms with van der Waals surface area (Å²) in [7, 11) is -3.56. The van der Waals surface area contributed by atoms with E-state index in [4.69, 9.17) is 0 Å². The first-order chi connectivity index (χ1) is 11.5. The lowest BCUT2D eigenvalue weighted by atomic mass is 10.2. The third-order valence-electron chi connectivity index (χ3n) is 3.90. The normalized spacial score (nSPS) is 16.1. The lowest BCUT2D eigenvalue weighted by molar-refractivity contribution is 0.0697. The summed E-state index contributed by atoms with van der Waals surface area (Å²) in [4.78, 5) is 18.3. The fourth-order valence-corrected chi connectivity index (χ4v) is 4.43. The second-order valence-electron chi connectivity index (χ2n) is 5.36. The van der Waals surface area contributed by atoms with Crippen molar-refractivity contribution < 1.29 is 13.2 Å². The molecular formula is C16H16BrN3O3S. The first-order valence-electron chi connectivity index (χ1n) is 7.44. The second kappa shape index (κ2) is 7.00. The Morgan fingerprint density at radius 2 is 1.75 bits per heavy atom. The number of amides is 1. The van der Waals surface area contributed by atoms with Gasteiger partial charge < -0.3 is 4.90 Å². The maximum absolute atomic E-state index is 12.6. The van der Waals surface area contributed by atoms with Crippen molar-refractivity contribution in [3.63, 3.8) is 0 Å². The summed E-state index contributed by atoms with van der Waals surface area (Å²) in [6.07, 6.45) is 2.88. The summed E-state index contributed by atoms with van der Waals surface area (Å²) in [5.74, 6) is -0.0964. The number of pyridine rings is 1. The minimum atomic E-state index is -3.56. The van der Waals surface area contributed by atoms with E-state index in [9.17, 15) is 13.2 Å². The van der Waals surface area contributed by atoms with E-state index >= 15 is 0 Å². The highest BCUT2D eigenvalue weighted by atomic mass is 79.9. The van der Waals surface area contributed by atoms with Gasteiger partial charge in [-0.15, -0.1) is 0 Å². The number of halogens is 1. The van der Waals surface area contributed by atoms with E-state index in [1.165, 1.54) is 22.8 Å². The van der Waals surface area contributed by atoms with Crippen LogP contribution in [0.3, 0.4) is 0 Å². The van der Waals surface area contributed by atoms with Crippen molar-refractivity contribution in [1.29, 1.82) is 0 Å². The Kier molecular flexibility index (Phi) is 4.98. The largest absolute Gasteiger partial charge is 0.336 e. The zero-order valence-electron chi connectivity index (χ0n) is 12.8. The summed E-state index contributed by atoms with van der Waals surface area (Å²) in [5.41, 5.74) is 0.584. The molecule has 0 spiro atoms. The molecule has 0 atom stereocenters. The van der Waals surface area contributed by atoms with Gasteiger partial charge in [-0.25, -0.2) is 8.42 Å². The molecule has 2 aromatic rings. The highest BCUT2D eigenvalue weighted by Gasteiger charge is 2.30. The molecule has 0 radical (unpaired) electrons. The van der Waals surface area contributed by atoms with Crippen LogP contribution in [-0.4, -0.2) is 54.7 Å². The Morgan fingerprint density at radius 1 is 1.04 bits per heavy atom. The standard InChI is InChI=1S/C16H16BrN3O3S/c17-15-6-2-1-5-14(15)16(21)19-8-10-20(11-9-19)24(22,23)13-4-3-7-18-12-13/h1-7,12H,8-11H2. The molecule has 6 nitrogen and oxygen atoms in total. The SMILES string of the molecule is O=C(c1ccccc1Br)N1CCN(S(=O)(=O)c2cccnc2)CC1. The van der Waals surface area contributed by atoms with Gasteiger partial charge in [0.1, 0.15) is 4.90 Å². The summed E-state index contributed by atoms with van der Waals surface area (Å²) < 4.78 is 27.3. The first-order valence-corrected chi connectivity index (χ1v) is 9.67. The number of aromatic nitrogens is 1. The Labute approximate surface area is 149 Å². The number of carbonyl (C=O) groups is 1. The first kappa shape index (κ1) is 17.1. The van der Waals surface area contributed by atoms with Crippen molar-refractivity contribution in [3.8, 4) is 0 Å². The fourth-order valence-electron chi connectivity index (χ4n) is 2.59. The van der Waals surface area contributed by atoms with Crippen LogP contribution in [0.2, 0.25) is 0 Å². The average Bonchev–Trinajstić information content (AvgIpc) is 2.62. The summed E-state index contributed by atoms with van der Waals surface area (Å²) in [6.45, 7) is 1.26. The molecule has 2 heterocycles. The van der Waals surface area contributed by atoms with E-state index in [1.807, 2.05) is 12.1 Å². The van der Waals surface area contributed by atoms with Crippen molar-refractivity contribution in [2.75, 3.05) is 26.2 Å². The van der Waals surface area contributed by atoms with Crippen LogP contribution in [0, 0.1) is 0 Å². The van der Waals surface area contributed by atoms with Crippen molar-refractivity contribution >= 4 is 31.9 Å². The van der Waals surface area contributed by atoms with E-state index in [0.29, 0.717) is 18.7 Å². The van der Waals surface area contributed by atoms with Gasteiger partial charge in [0, 0.05) is 43.0 Å². The number of sulfonamides is 1. The van der Waals surface area contributed by atoms with Crippen LogP contribution < -0.4 is 0 Å². The van der Waals surface area contributed by atoms with Crippen LogP contribution in [0.4, 0.5) is 0 Å². The van der Waals surface area contributed by atoms with Gasteiger partial charge in [0.25, 0.3) is 5.91 Å². The van der Waals surface area contributed by atoms with Crippen molar-refractivity contribution in [3.05, 3.63) is 58.8 Å². The van der Waals surface area contributed by atoms with Gasteiger partial charge in [0.15, 0.2) is 0 Å². The number of nitrogens with zero attached hydrogens (tertiary/aromatic N) is 3. The molecule has 1 saturated heterocycles. The molecule has 0 N–H and O–H groups in total. The van der Waals surface area contributed by atoms with Gasteiger partial charge in [-0.2, -0.15) is 4.31 Å². The maximum atomic E-state index is 12.6. The van der Waals surface area contributed by atoms with E-state index in [-0.39, 0.29) is 23.9 Å². The van der Waals surface area contributed by atoms with E-state index < -0.39 is 10.0 Å². The summed E-state index contributed by atoms with van der Waals surface area (Å²) in [5, 5.41) is 0. The van der Waals surface area contributed by atoms with Crippen LogP contribution >= 0.6 is 15.9 Å². The molecule has 3 rings (SSSR count). The smallest absolute Gasteiger partial charge is 0.255 e. The Morgan fingerprint density at radius 3 is 2.38 bits per heavy atom. The Bertz CT molecular complexity index is 835. The molecule has 1 aliphatic rings. The summed E-state index contributed by atoms with van der Waals surface area (Å²) >= 11 is 3.38. The van der Waals surface area contributed by atoms with Gasteiger partial charge in [-0.3, -0.25) is 9.78 Å². The van der Waals surface area contributed by atoms with Crippen molar-refractivity contribution in [1.82, 2.24) is 14.2 Å². The van der Waals surface area contributed by atoms with Crippen LogP contribution in [0.25, 0.3) is 0 Å². The number of hydrogen-bond acceptors (Lipinski definition) is 4. The van der Waals surface area contributed by atoms with Gasteiger partial charge >= 0.3 is 0 Å². The lowest BCUT2D eigenvalue weighted by Gasteiger charge is -2.34. The van der Waals surface area contributed by atoms with E-state index in [2.05, 4.69) is 20.9 Å². The number of hydrogen-bond donors (Lipinski definition) is 0. The van der Waals surface area contributed by atoms with Crippen LogP contribution in [0.5, 0.6) is 0 Å². The van der Waals surface area contributed by atoms with Gasteiger partial charge in [0.2, 0.25) is 10.0 Å². The predicted octanol–water partition coefficient (Wildman–Crippen LogP) is 1.99. The number of piperazine rings is 1. The maximum Gasteiger partial charge on any atom is 0.255 e. The van der Waals surface area contributed by atoms with Crippen molar-refractivity contribution in [2.45, 2.75) is 4.90 Å². The second-order valence-corrected chi connectivity index (χ2v) is 8.16.